The summed E-state index contributed by atoms with van der Waals surface area (Å²) in [7, 11) is -3.95. The number of hydrogen-bond donors (Lipinski definition) is 2. The Labute approximate surface area is 207 Å². The van der Waals surface area contributed by atoms with Gasteiger partial charge in [-0.2, -0.15) is 0 Å². The van der Waals surface area contributed by atoms with Gasteiger partial charge in [0.25, 0.3) is 10.0 Å². The summed E-state index contributed by atoms with van der Waals surface area (Å²) in [5.74, 6) is 0.0305. The molecule has 4 rings (SSSR count). The Kier molecular flexibility index (Phi) is 7.49. The molecule has 1 saturated heterocycles. The fourth-order valence-electron chi connectivity index (χ4n) is 5.14. The summed E-state index contributed by atoms with van der Waals surface area (Å²) in [6, 6.07) is 13.4. The van der Waals surface area contributed by atoms with E-state index in [-0.39, 0.29) is 18.4 Å². The van der Waals surface area contributed by atoms with Crippen LogP contribution in [-0.4, -0.2) is 56.3 Å². The molecule has 2 aliphatic rings. The van der Waals surface area contributed by atoms with Gasteiger partial charge in [0.05, 0.1) is 12.6 Å². The van der Waals surface area contributed by atoms with Crippen molar-refractivity contribution in [1.29, 1.82) is 0 Å². The number of nitrogens with one attached hydrogen (secondary N) is 1. The molecule has 7 nitrogen and oxygen atoms in total. The summed E-state index contributed by atoms with van der Waals surface area (Å²) in [6.07, 6.45) is 2.02. The van der Waals surface area contributed by atoms with Crippen LogP contribution in [0.1, 0.15) is 67.5 Å². The number of sulfonamides is 1. The van der Waals surface area contributed by atoms with Gasteiger partial charge in [-0.3, -0.25) is 0 Å². The van der Waals surface area contributed by atoms with Gasteiger partial charge in [-0.25, -0.2) is 12.8 Å². The zero-order valence-electron chi connectivity index (χ0n) is 20.4. The fourth-order valence-corrected chi connectivity index (χ4v) is 6.83. The van der Waals surface area contributed by atoms with E-state index in [9.17, 15) is 12.8 Å². The predicted molar refractivity (Wildman–Crippen MR) is 134 cm³/mol. The Balaban J connectivity index is 1.50. The Morgan fingerprint density at radius 1 is 1.14 bits per heavy atom. The predicted octanol–water partition coefficient (Wildman–Crippen LogP) is 3.88. The monoisotopic (exact) mass is 503 g/mol. The number of ether oxygens (including phenoxy) is 1. The molecule has 2 aromatic carbocycles. The first-order valence-corrected chi connectivity index (χ1v) is 13.6. The number of likely N-dealkylation sites (tertiary alicyclic amines) is 1. The van der Waals surface area contributed by atoms with Crippen molar-refractivity contribution in [3.8, 4) is 0 Å². The SMILES string of the molecule is C[C@H](NC1=NS(=O)(=O)C(c2ccc(C3CCN(CCO)CC3)cc2)C(C)(C)O1)c1ccccc1F. The lowest BCUT2D eigenvalue weighted by molar-refractivity contribution is 0.0768. The largest absolute Gasteiger partial charge is 0.457 e. The molecule has 1 unspecified atom stereocenters. The lowest BCUT2D eigenvalue weighted by atomic mass is 9.88. The van der Waals surface area contributed by atoms with Gasteiger partial charge >= 0.3 is 6.02 Å². The number of aliphatic hydroxyl groups is 1. The number of amidine groups is 1. The Hall–Kier alpha value is -2.49. The van der Waals surface area contributed by atoms with Crippen molar-refractivity contribution in [3.05, 3.63) is 71.0 Å². The van der Waals surface area contributed by atoms with Crippen LogP contribution in [0.4, 0.5) is 4.39 Å². The first-order valence-electron chi connectivity index (χ1n) is 12.1. The van der Waals surface area contributed by atoms with Gasteiger partial charge in [0.15, 0.2) is 0 Å². The second-order valence-corrected chi connectivity index (χ2v) is 11.6. The molecule has 2 heterocycles. The lowest BCUT2D eigenvalue weighted by Crippen LogP contribution is -2.47. The van der Waals surface area contributed by atoms with Gasteiger partial charge in [-0.05, 0) is 69.8 Å². The molecular formula is C26H34FN3O4S. The standard InChI is InChI=1S/C26H34FN3O4S/c1-18(22-6-4-5-7-23(22)27)28-25-29-35(32,33)24(26(2,3)34-25)21-10-8-19(9-11-21)20-12-14-30(15-13-20)16-17-31/h4-11,18,20,24,31H,12-17H2,1-3H3,(H,28,29)/t18-,24?/m0/s1. The van der Waals surface area contributed by atoms with Gasteiger partial charge in [-0.1, -0.05) is 42.5 Å². The van der Waals surface area contributed by atoms with Gasteiger partial charge < -0.3 is 20.1 Å². The van der Waals surface area contributed by atoms with Crippen molar-refractivity contribution < 1.29 is 22.7 Å². The van der Waals surface area contributed by atoms with Gasteiger partial charge in [0.2, 0.25) is 0 Å². The highest BCUT2D eigenvalue weighted by atomic mass is 32.2. The average Bonchev–Trinajstić information content (AvgIpc) is 2.79. The maximum Gasteiger partial charge on any atom is 0.301 e. The van der Waals surface area contributed by atoms with Crippen LogP contribution < -0.4 is 5.32 Å². The molecule has 0 aliphatic carbocycles. The van der Waals surface area contributed by atoms with E-state index < -0.39 is 26.9 Å². The first kappa shape index (κ1) is 25.6. The van der Waals surface area contributed by atoms with Crippen molar-refractivity contribution in [2.75, 3.05) is 26.2 Å². The quantitative estimate of drug-likeness (QED) is 0.622. The molecule has 35 heavy (non-hydrogen) atoms. The van der Waals surface area contributed by atoms with Crippen LogP contribution in [0.15, 0.2) is 52.9 Å². The van der Waals surface area contributed by atoms with Crippen LogP contribution in [0, 0.1) is 5.82 Å². The van der Waals surface area contributed by atoms with Crippen LogP contribution in [0.3, 0.4) is 0 Å². The summed E-state index contributed by atoms with van der Waals surface area (Å²) < 4.78 is 50.6. The number of hydrogen-bond acceptors (Lipinski definition) is 6. The van der Waals surface area contributed by atoms with Crippen LogP contribution in [0.5, 0.6) is 0 Å². The van der Waals surface area contributed by atoms with E-state index in [1.165, 1.54) is 11.6 Å². The smallest absolute Gasteiger partial charge is 0.301 e. The third kappa shape index (κ3) is 5.68. The normalized spacial score (nSPS) is 23.2. The lowest BCUT2D eigenvalue weighted by Gasteiger charge is -2.38. The number of halogens is 1. The molecule has 2 atom stereocenters. The van der Waals surface area contributed by atoms with Crippen LogP contribution >= 0.6 is 0 Å². The van der Waals surface area contributed by atoms with E-state index in [2.05, 4.69) is 14.6 Å². The Bertz CT molecular complexity index is 1160. The molecule has 0 spiro atoms. The molecule has 2 aromatic rings. The average molecular weight is 504 g/mol. The van der Waals surface area contributed by atoms with Crippen LogP contribution in [0.25, 0.3) is 0 Å². The Morgan fingerprint density at radius 2 is 1.77 bits per heavy atom. The molecule has 2 aliphatic heterocycles. The minimum absolute atomic E-state index is 0.131. The maximum absolute atomic E-state index is 14.2. The summed E-state index contributed by atoms with van der Waals surface area (Å²) in [5, 5.41) is 11.1. The van der Waals surface area contributed by atoms with Crippen LogP contribution in [-0.2, 0) is 14.8 Å². The van der Waals surface area contributed by atoms with Gasteiger partial charge in [0.1, 0.15) is 16.7 Å². The number of rotatable bonds is 6. The third-order valence-electron chi connectivity index (χ3n) is 6.93. The molecule has 0 amide bonds. The van der Waals surface area contributed by atoms with E-state index in [4.69, 9.17) is 9.84 Å². The maximum atomic E-state index is 14.2. The zero-order chi connectivity index (χ0) is 25.2. The minimum Gasteiger partial charge on any atom is -0.457 e. The van der Waals surface area contributed by atoms with Crippen molar-refractivity contribution in [3.63, 3.8) is 0 Å². The van der Waals surface area contributed by atoms with Crippen molar-refractivity contribution in [1.82, 2.24) is 10.2 Å². The Morgan fingerprint density at radius 3 is 2.37 bits per heavy atom. The van der Waals surface area contributed by atoms with E-state index in [0.29, 0.717) is 23.6 Å². The molecule has 0 aromatic heterocycles. The van der Waals surface area contributed by atoms with Crippen molar-refractivity contribution in [2.45, 2.75) is 56.4 Å². The van der Waals surface area contributed by atoms with E-state index in [1.54, 1.807) is 39.0 Å². The number of benzene rings is 2. The summed E-state index contributed by atoms with van der Waals surface area (Å²) >= 11 is 0. The van der Waals surface area contributed by atoms with Gasteiger partial charge in [0, 0.05) is 12.1 Å². The number of piperidine rings is 1. The fraction of sp³-hybridized carbons (Fsp3) is 0.500. The number of β-amino-alcohol motifs (C(OH)–C–C–N with tert-alkyl or cyclic N) is 1. The molecule has 1 fully saturated rings. The highest BCUT2D eigenvalue weighted by molar-refractivity contribution is 7.90. The van der Waals surface area contributed by atoms with Crippen molar-refractivity contribution in [2.24, 2.45) is 4.40 Å². The first-order chi connectivity index (χ1) is 16.6. The minimum atomic E-state index is -3.95. The van der Waals surface area contributed by atoms with Crippen LogP contribution in [0.2, 0.25) is 0 Å². The zero-order valence-corrected chi connectivity index (χ0v) is 21.3. The van der Waals surface area contributed by atoms with Gasteiger partial charge in [-0.15, -0.1) is 4.40 Å². The molecule has 0 bridgehead atoms. The number of nitrogens with zero attached hydrogens (tertiary/aromatic N) is 2. The molecule has 0 radical (unpaired) electrons. The second kappa shape index (κ2) is 10.2. The molecular weight excluding hydrogens is 469 g/mol. The highest BCUT2D eigenvalue weighted by Crippen LogP contribution is 2.41. The molecule has 2 N–H and O–H groups in total. The topological polar surface area (TPSA) is 91.2 Å². The highest BCUT2D eigenvalue weighted by Gasteiger charge is 2.47. The molecule has 9 heteroatoms. The van der Waals surface area contributed by atoms with E-state index in [0.717, 1.165) is 25.9 Å². The van der Waals surface area contributed by atoms with Crippen molar-refractivity contribution >= 4 is 16.0 Å². The number of aliphatic hydroxyl groups excluding tert-OH is 1. The summed E-state index contributed by atoms with van der Waals surface area (Å²) in [6.45, 7) is 7.95. The molecule has 190 valence electrons. The third-order valence-corrected chi connectivity index (χ3v) is 8.78. The van der Waals surface area contributed by atoms with E-state index >= 15 is 0 Å². The summed E-state index contributed by atoms with van der Waals surface area (Å²) in [5.41, 5.74) is 1.12. The second-order valence-electron chi connectivity index (χ2n) is 9.89. The van der Waals surface area contributed by atoms with E-state index in [1.807, 2.05) is 24.3 Å². The summed E-state index contributed by atoms with van der Waals surface area (Å²) in [4.78, 5) is 2.26. The molecule has 0 saturated carbocycles.